The zero-order chi connectivity index (χ0) is 15.1. The first-order valence-electron chi connectivity index (χ1n) is 6.52. The molecule has 0 unspecified atom stereocenters. The van der Waals surface area contributed by atoms with E-state index in [2.05, 4.69) is 20.3 Å². The van der Waals surface area contributed by atoms with Crippen LogP contribution in [0.2, 0.25) is 0 Å². The highest BCUT2D eigenvalue weighted by molar-refractivity contribution is 7.99. The minimum absolute atomic E-state index is 0.0112. The number of carbonyl (C=O) groups excluding carboxylic acids is 1. The average molecular weight is 323 g/mol. The summed E-state index contributed by atoms with van der Waals surface area (Å²) < 4.78 is 0. The second-order valence-corrected chi connectivity index (χ2v) is 6.23. The highest BCUT2D eigenvalue weighted by Crippen LogP contribution is 2.13. The summed E-state index contributed by atoms with van der Waals surface area (Å²) in [4.78, 5) is 24.2. The highest BCUT2D eigenvalue weighted by Gasteiger charge is 2.05. The zero-order valence-corrected chi connectivity index (χ0v) is 13.3. The standard InChI is InChI=1S/C13H17N5OS2/c1-9-4-6-16-13(17-9)21-8-11(19)15-5-2-3-10-7-20-12(14)18-10/h4,6-7H,2-3,5,8H2,1H3,(H2,14,18)(H,15,19). The van der Waals surface area contributed by atoms with Gasteiger partial charge in [-0.1, -0.05) is 11.8 Å². The molecule has 6 nitrogen and oxygen atoms in total. The predicted octanol–water partition coefficient (Wildman–Crippen LogP) is 1.66. The first-order chi connectivity index (χ1) is 10.1. The quantitative estimate of drug-likeness (QED) is 0.457. The Morgan fingerprint density at radius 1 is 1.48 bits per heavy atom. The van der Waals surface area contributed by atoms with Crippen molar-refractivity contribution in [2.45, 2.75) is 24.9 Å². The van der Waals surface area contributed by atoms with Crippen LogP contribution in [0.3, 0.4) is 0 Å². The van der Waals surface area contributed by atoms with Crippen molar-refractivity contribution >= 4 is 34.1 Å². The van der Waals surface area contributed by atoms with Crippen LogP contribution in [0.1, 0.15) is 17.8 Å². The van der Waals surface area contributed by atoms with Crippen LogP contribution in [-0.4, -0.2) is 33.2 Å². The normalized spacial score (nSPS) is 10.5. The van der Waals surface area contributed by atoms with Gasteiger partial charge in [-0.3, -0.25) is 4.79 Å². The van der Waals surface area contributed by atoms with Crippen LogP contribution in [-0.2, 0) is 11.2 Å². The molecule has 0 aliphatic carbocycles. The summed E-state index contributed by atoms with van der Waals surface area (Å²) in [5, 5.41) is 6.03. The fourth-order valence-corrected chi connectivity index (χ4v) is 2.91. The van der Waals surface area contributed by atoms with E-state index in [1.54, 1.807) is 6.20 Å². The first-order valence-corrected chi connectivity index (χ1v) is 8.39. The Morgan fingerprint density at radius 3 is 3.05 bits per heavy atom. The molecule has 2 heterocycles. The molecule has 1 amide bonds. The third-order valence-electron chi connectivity index (χ3n) is 2.61. The lowest BCUT2D eigenvalue weighted by molar-refractivity contribution is -0.118. The van der Waals surface area contributed by atoms with Gasteiger partial charge in [0.25, 0.3) is 0 Å². The third kappa shape index (κ3) is 5.68. The van der Waals surface area contributed by atoms with Gasteiger partial charge in [0.15, 0.2) is 10.3 Å². The van der Waals surface area contributed by atoms with Gasteiger partial charge in [0, 0.05) is 23.8 Å². The lowest BCUT2D eigenvalue weighted by atomic mass is 10.2. The lowest BCUT2D eigenvalue weighted by Crippen LogP contribution is -2.26. The monoisotopic (exact) mass is 323 g/mol. The van der Waals surface area contributed by atoms with Crippen molar-refractivity contribution in [2.75, 3.05) is 18.0 Å². The Balaban J connectivity index is 1.61. The number of aryl methyl sites for hydroxylation is 2. The summed E-state index contributed by atoms with van der Waals surface area (Å²) in [6.45, 7) is 2.53. The largest absolute Gasteiger partial charge is 0.375 e. The van der Waals surface area contributed by atoms with E-state index >= 15 is 0 Å². The Morgan fingerprint density at radius 2 is 2.33 bits per heavy atom. The summed E-state index contributed by atoms with van der Waals surface area (Å²) in [6, 6.07) is 1.83. The van der Waals surface area contributed by atoms with Crippen molar-refractivity contribution in [1.29, 1.82) is 0 Å². The van der Waals surface area contributed by atoms with Crippen molar-refractivity contribution < 1.29 is 4.79 Å². The van der Waals surface area contributed by atoms with E-state index < -0.39 is 0 Å². The molecule has 0 atom stereocenters. The number of nitrogens with two attached hydrogens (primary N) is 1. The highest BCUT2D eigenvalue weighted by atomic mass is 32.2. The van der Waals surface area contributed by atoms with E-state index in [-0.39, 0.29) is 5.91 Å². The number of hydrogen-bond donors (Lipinski definition) is 2. The van der Waals surface area contributed by atoms with E-state index in [0.29, 0.717) is 22.6 Å². The molecule has 2 aromatic rings. The number of carbonyl (C=O) groups is 1. The SMILES string of the molecule is Cc1ccnc(SCC(=O)NCCCc2csc(N)n2)n1. The number of rotatable bonds is 7. The molecule has 0 radical (unpaired) electrons. The maximum Gasteiger partial charge on any atom is 0.230 e. The molecular formula is C13H17N5OS2. The zero-order valence-electron chi connectivity index (χ0n) is 11.7. The molecule has 0 aromatic carbocycles. The number of thioether (sulfide) groups is 1. The summed E-state index contributed by atoms with van der Waals surface area (Å²) in [5.41, 5.74) is 7.44. The van der Waals surface area contributed by atoms with Crippen LogP contribution in [0, 0.1) is 6.92 Å². The Labute approximate surface area is 131 Å². The number of nitrogen functional groups attached to an aromatic ring is 1. The maximum absolute atomic E-state index is 11.7. The van der Waals surface area contributed by atoms with Gasteiger partial charge in [0.05, 0.1) is 11.4 Å². The van der Waals surface area contributed by atoms with Crippen LogP contribution in [0.15, 0.2) is 22.8 Å². The molecule has 2 rings (SSSR count). The number of anilines is 1. The summed E-state index contributed by atoms with van der Waals surface area (Å²) in [7, 11) is 0. The van der Waals surface area contributed by atoms with Gasteiger partial charge in [0.1, 0.15) is 0 Å². The van der Waals surface area contributed by atoms with Crippen molar-refractivity contribution in [2.24, 2.45) is 0 Å². The number of hydrogen-bond acceptors (Lipinski definition) is 7. The summed E-state index contributed by atoms with van der Waals surface area (Å²) in [5.74, 6) is 0.315. The summed E-state index contributed by atoms with van der Waals surface area (Å²) >= 11 is 2.78. The van der Waals surface area contributed by atoms with Crippen molar-refractivity contribution in [1.82, 2.24) is 20.3 Å². The predicted molar refractivity (Wildman–Crippen MR) is 85.4 cm³/mol. The Hall–Kier alpha value is -1.67. The van der Waals surface area contributed by atoms with Crippen LogP contribution in [0.5, 0.6) is 0 Å². The summed E-state index contributed by atoms with van der Waals surface area (Å²) in [6.07, 6.45) is 3.37. The second kappa shape index (κ2) is 7.94. The number of thiazole rings is 1. The van der Waals surface area contributed by atoms with Crippen LogP contribution >= 0.6 is 23.1 Å². The smallest absolute Gasteiger partial charge is 0.230 e. The van der Waals surface area contributed by atoms with Crippen LogP contribution < -0.4 is 11.1 Å². The van der Waals surface area contributed by atoms with Gasteiger partial charge in [-0.15, -0.1) is 11.3 Å². The number of amides is 1. The molecule has 0 bridgehead atoms. The van der Waals surface area contributed by atoms with Gasteiger partial charge >= 0.3 is 0 Å². The fraction of sp³-hybridized carbons (Fsp3) is 0.385. The molecule has 0 spiro atoms. The topological polar surface area (TPSA) is 93.8 Å². The number of aromatic nitrogens is 3. The van der Waals surface area contributed by atoms with Gasteiger partial charge in [-0.05, 0) is 25.8 Å². The molecule has 8 heteroatoms. The second-order valence-electron chi connectivity index (χ2n) is 4.40. The van der Waals surface area contributed by atoms with Crippen molar-refractivity contribution in [3.63, 3.8) is 0 Å². The fourth-order valence-electron chi connectivity index (χ4n) is 1.61. The molecule has 0 saturated carbocycles. The molecule has 0 fully saturated rings. The van der Waals surface area contributed by atoms with E-state index in [9.17, 15) is 4.79 Å². The Bertz CT molecular complexity index is 602. The first kappa shape index (κ1) is 15.7. The van der Waals surface area contributed by atoms with E-state index in [4.69, 9.17) is 5.73 Å². The molecular weight excluding hydrogens is 306 g/mol. The van der Waals surface area contributed by atoms with Crippen LogP contribution in [0.25, 0.3) is 0 Å². The molecule has 0 aliphatic heterocycles. The molecule has 0 saturated heterocycles. The van der Waals surface area contributed by atoms with Gasteiger partial charge < -0.3 is 11.1 Å². The van der Waals surface area contributed by atoms with Gasteiger partial charge in [0.2, 0.25) is 5.91 Å². The molecule has 0 aliphatic rings. The maximum atomic E-state index is 11.7. The van der Waals surface area contributed by atoms with E-state index in [0.717, 1.165) is 24.2 Å². The minimum atomic E-state index is -0.0112. The molecule has 3 N–H and O–H groups in total. The molecule has 21 heavy (non-hydrogen) atoms. The molecule has 112 valence electrons. The van der Waals surface area contributed by atoms with Gasteiger partial charge in [-0.2, -0.15) is 0 Å². The lowest BCUT2D eigenvalue weighted by Gasteiger charge is -2.04. The third-order valence-corrected chi connectivity index (χ3v) is 4.19. The Kier molecular flexibility index (Phi) is 5.94. The molecule has 2 aromatic heterocycles. The number of nitrogens with one attached hydrogen (secondary N) is 1. The average Bonchev–Trinajstić information content (AvgIpc) is 2.87. The van der Waals surface area contributed by atoms with Gasteiger partial charge in [-0.25, -0.2) is 15.0 Å². The van der Waals surface area contributed by atoms with Crippen LogP contribution in [0.4, 0.5) is 5.13 Å². The van der Waals surface area contributed by atoms with E-state index in [1.807, 2.05) is 18.4 Å². The van der Waals surface area contributed by atoms with Crippen molar-refractivity contribution in [3.8, 4) is 0 Å². The number of nitrogens with zero attached hydrogens (tertiary/aromatic N) is 3. The van der Waals surface area contributed by atoms with Crippen molar-refractivity contribution in [3.05, 3.63) is 29.0 Å². The van der Waals surface area contributed by atoms with E-state index in [1.165, 1.54) is 23.1 Å². The minimum Gasteiger partial charge on any atom is -0.375 e.